The van der Waals surface area contributed by atoms with E-state index in [1.807, 2.05) is 0 Å². The number of ketones is 1. The molecule has 0 fully saturated rings. The maximum absolute atomic E-state index is 12.8. The lowest BCUT2D eigenvalue weighted by atomic mass is 10.1. The van der Waals surface area contributed by atoms with E-state index in [0.29, 0.717) is 31.2 Å². The van der Waals surface area contributed by atoms with Crippen LogP contribution in [0.25, 0.3) is 10.2 Å². The Morgan fingerprint density at radius 2 is 1.93 bits per heavy atom. The average molecular weight is 405 g/mol. The zero-order chi connectivity index (χ0) is 19.7. The molecule has 8 heteroatoms. The van der Waals surface area contributed by atoms with Gasteiger partial charge in [0.05, 0.1) is 24.4 Å². The van der Waals surface area contributed by atoms with Gasteiger partial charge in [0.1, 0.15) is 9.71 Å². The molecule has 2 heterocycles. The Hall–Kier alpha value is -2.51. The van der Waals surface area contributed by atoms with E-state index < -0.39 is 5.97 Å². The molecule has 1 aromatic carbocycles. The number of thiophene rings is 1. The fraction of sp³-hybridized carbons (Fsp3) is 0.263. The second-order valence-corrected chi connectivity index (χ2v) is 7.73. The number of halogens is 1. The Balaban J connectivity index is 1.96. The summed E-state index contributed by atoms with van der Waals surface area (Å²) in [7, 11) is 0. The predicted octanol–water partition coefficient (Wildman–Crippen LogP) is 3.87. The Bertz CT molecular complexity index is 1080. The maximum atomic E-state index is 12.8. The van der Waals surface area contributed by atoms with Crippen molar-refractivity contribution in [3.8, 4) is 0 Å². The normalized spacial score (nSPS) is 11.1. The summed E-state index contributed by atoms with van der Waals surface area (Å²) in [5.41, 5.74) is 0.612. The molecule has 27 heavy (non-hydrogen) atoms. The van der Waals surface area contributed by atoms with Gasteiger partial charge in [-0.15, -0.1) is 11.3 Å². The molecule has 0 bridgehead atoms. The van der Waals surface area contributed by atoms with Crippen molar-refractivity contribution >= 4 is 44.9 Å². The highest BCUT2D eigenvalue weighted by Crippen LogP contribution is 2.27. The van der Waals surface area contributed by atoms with Crippen molar-refractivity contribution in [1.29, 1.82) is 0 Å². The molecule has 0 aliphatic rings. The molecule has 3 rings (SSSR count). The van der Waals surface area contributed by atoms with Gasteiger partial charge in [-0.2, -0.15) is 0 Å². The van der Waals surface area contributed by atoms with E-state index in [4.69, 9.17) is 16.3 Å². The molecule has 0 radical (unpaired) electrons. The highest BCUT2D eigenvalue weighted by atomic mass is 35.5. The largest absolute Gasteiger partial charge is 0.459 e. The van der Waals surface area contributed by atoms with Crippen LogP contribution < -0.4 is 5.56 Å². The van der Waals surface area contributed by atoms with Crippen LogP contribution in [0.4, 0.5) is 0 Å². The number of hydrogen-bond donors (Lipinski definition) is 0. The molecule has 2 aromatic heterocycles. The van der Waals surface area contributed by atoms with Gasteiger partial charge in [0.2, 0.25) is 0 Å². The topological polar surface area (TPSA) is 78.3 Å². The lowest BCUT2D eigenvalue weighted by Gasteiger charge is -2.06. The van der Waals surface area contributed by atoms with E-state index >= 15 is 0 Å². The highest BCUT2D eigenvalue weighted by Gasteiger charge is 2.21. The van der Waals surface area contributed by atoms with Crippen LogP contribution in [0, 0.1) is 6.92 Å². The number of hydrogen-bond acceptors (Lipinski definition) is 6. The van der Waals surface area contributed by atoms with Crippen molar-refractivity contribution in [1.82, 2.24) is 9.55 Å². The first-order valence-electron chi connectivity index (χ1n) is 8.26. The van der Waals surface area contributed by atoms with Crippen LogP contribution in [0.2, 0.25) is 5.02 Å². The van der Waals surface area contributed by atoms with E-state index in [0.717, 1.165) is 11.3 Å². The van der Waals surface area contributed by atoms with Gasteiger partial charge in [-0.25, -0.2) is 9.78 Å². The van der Waals surface area contributed by atoms with Crippen LogP contribution in [0.15, 0.2) is 35.4 Å². The fourth-order valence-corrected chi connectivity index (χ4v) is 3.76. The van der Waals surface area contributed by atoms with E-state index in [-0.39, 0.29) is 24.0 Å². The third-order valence-electron chi connectivity index (χ3n) is 3.93. The molecule has 3 aromatic rings. The number of aryl methyl sites for hydroxylation is 1. The first-order valence-corrected chi connectivity index (χ1v) is 9.45. The maximum Gasteiger partial charge on any atom is 0.348 e. The fourth-order valence-electron chi connectivity index (χ4n) is 2.62. The lowest BCUT2D eigenvalue weighted by Crippen LogP contribution is -2.24. The molecule has 6 nitrogen and oxygen atoms in total. The van der Waals surface area contributed by atoms with Gasteiger partial charge in [-0.05, 0) is 50.6 Å². The van der Waals surface area contributed by atoms with E-state index in [9.17, 15) is 14.4 Å². The van der Waals surface area contributed by atoms with Crippen molar-refractivity contribution < 1.29 is 14.3 Å². The van der Waals surface area contributed by atoms with Crippen molar-refractivity contribution in [2.75, 3.05) is 0 Å². The highest BCUT2D eigenvalue weighted by molar-refractivity contribution is 7.20. The molecule has 0 saturated carbocycles. The average Bonchev–Trinajstić information content (AvgIpc) is 2.95. The molecule has 0 aliphatic carbocycles. The van der Waals surface area contributed by atoms with Gasteiger partial charge in [0.15, 0.2) is 5.78 Å². The Labute approximate surface area is 164 Å². The van der Waals surface area contributed by atoms with E-state index in [2.05, 4.69) is 4.98 Å². The predicted molar refractivity (Wildman–Crippen MR) is 105 cm³/mol. The van der Waals surface area contributed by atoms with Gasteiger partial charge in [-0.1, -0.05) is 11.6 Å². The van der Waals surface area contributed by atoms with Crippen LogP contribution in [-0.2, 0) is 11.3 Å². The molecule has 140 valence electrons. The van der Waals surface area contributed by atoms with Crippen molar-refractivity contribution in [2.45, 2.75) is 33.4 Å². The smallest absolute Gasteiger partial charge is 0.348 e. The summed E-state index contributed by atoms with van der Waals surface area (Å²) in [6, 6.07) is 6.46. The molecule has 0 saturated heterocycles. The van der Waals surface area contributed by atoms with Crippen LogP contribution in [-0.4, -0.2) is 27.4 Å². The minimum absolute atomic E-state index is 0.148. The lowest BCUT2D eigenvalue weighted by molar-refractivity contribution is 0.0383. The van der Waals surface area contributed by atoms with Crippen molar-refractivity contribution in [2.24, 2.45) is 0 Å². The van der Waals surface area contributed by atoms with E-state index in [1.165, 1.54) is 10.9 Å². The Morgan fingerprint density at radius 1 is 1.26 bits per heavy atom. The Kier molecular flexibility index (Phi) is 5.43. The monoisotopic (exact) mass is 404 g/mol. The first kappa shape index (κ1) is 19.3. The molecular weight excluding hydrogens is 388 g/mol. The number of benzene rings is 1. The third kappa shape index (κ3) is 3.94. The first-order chi connectivity index (χ1) is 12.8. The summed E-state index contributed by atoms with van der Waals surface area (Å²) in [5.74, 6) is -0.712. The zero-order valence-electron chi connectivity index (χ0n) is 15.0. The number of rotatable bonds is 5. The number of Topliss-reactive ketones (excluding diaryl/α,β-unsaturated/α-hetero) is 1. The summed E-state index contributed by atoms with van der Waals surface area (Å²) in [6.45, 7) is 5.05. The minimum atomic E-state index is -0.478. The van der Waals surface area contributed by atoms with Gasteiger partial charge in [0.25, 0.3) is 5.56 Å². The quantitative estimate of drug-likeness (QED) is 0.476. The molecule has 0 unspecified atom stereocenters. The number of ether oxygens (including phenoxy) is 1. The second-order valence-electron chi connectivity index (χ2n) is 6.30. The van der Waals surface area contributed by atoms with Gasteiger partial charge >= 0.3 is 5.97 Å². The minimum Gasteiger partial charge on any atom is -0.459 e. The van der Waals surface area contributed by atoms with E-state index in [1.54, 1.807) is 45.0 Å². The number of carbonyl (C=O) groups excluding carboxylic acids is 2. The molecule has 0 atom stereocenters. The summed E-state index contributed by atoms with van der Waals surface area (Å²) >= 11 is 6.95. The molecule has 0 N–H and O–H groups in total. The Morgan fingerprint density at radius 3 is 2.56 bits per heavy atom. The molecule has 0 spiro atoms. The summed E-state index contributed by atoms with van der Waals surface area (Å²) in [5, 5.41) is 0.864. The second kappa shape index (κ2) is 7.62. The third-order valence-corrected chi connectivity index (χ3v) is 5.36. The zero-order valence-corrected chi connectivity index (χ0v) is 16.6. The standard InChI is InChI=1S/C19H17ClN2O4S/c1-10(2)26-19(25)16-11(3)15-17(27-16)21-9-22(18(15)24)8-14(23)12-4-6-13(20)7-5-12/h4-7,9-10H,8H2,1-3H3. The molecular formula is C19H17ClN2O4S. The van der Waals surface area contributed by atoms with Crippen LogP contribution in [0.3, 0.4) is 0 Å². The van der Waals surface area contributed by atoms with Gasteiger partial charge in [0, 0.05) is 10.6 Å². The number of aromatic nitrogens is 2. The summed E-state index contributed by atoms with van der Waals surface area (Å²) < 4.78 is 6.47. The number of nitrogens with zero attached hydrogens (tertiary/aromatic N) is 2. The molecule has 0 amide bonds. The van der Waals surface area contributed by atoms with Crippen LogP contribution in [0.1, 0.15) is 39.4 Å². The van der Waals surface area contributed by atoms with Crippen LogP contribution in [0.5, 0.6) is 0 Å². The summed E-state index contributed by atoms with van der Waals surface area (Å²) in [6.07, 6.45) is 1.06. The van der Waals surface area contributed by atoms with Crippen LogP contribution >= 0.6 is 22.9 Å². The van der Waals surface area contributed by atoms with Crippen molar-refractivity contribution in [3.63, 3.8) is 0 Å². The SMILES string of the molecule is Cc1c(C(=O)OC(C)C)sc2ncn(CC(=O)c3ccc(Cl)cc3)c(=O)c12. The number of carbonyl (C=O) groups is 2. The number of esters is 1. The van der Waals surface area contributed by atoms with Gasteiger partial charge in [-0.3, -0.25) is 14.2 Å². The number of fused-ring (bicyclic) bond motifs is 1. The molecule has 0 aliphatic heterocycles. The van der Waals surface area contributed by atoms with Gasteiger partial charge < -0.3 is 4.74 Å². The summed E-state index contributed by atoms with van der Waals surface area (Å²) in [4.78, 5) is 42.5. The van der Waals surface area contributed by atoms with Crippen molar-refractivity contribution in [3.05, 3.63) is 62.0 Å².